The van der Waals surface area contributed by atoms with Gasteiger partial charge in [-0.2, -0.15) is 0 Å². The van der Waals surface area contributed by atoms with Crippen molar-refractivity contribution < 1.29 is 28.7 Å². The van der Waals surface area contributed by atoms with Gasteiger partial charge < -0.3 is 19.5 Å². The highest BCUT2D eigenvalue weighted by Gasteiger charge is 2.39. The molecular formula is C18H20N2O7. The summed E-state index contributed by atoms with van der Waals surface area (Å²) in [7, 11) is 3.83. The second kappa shape index (κ2) is 7.90. The number of carbonyl (C=O) groups excluding carboxylic acids is 2. The average molecular weight is 376 g/mol. The van der Waals surface area contributed by atoms with Gasteiger partial charge in [0.05, 0.1) is 43.3 Å². The molecule has 0 radical (unpaired) electrons. The normalized spacial score (nSPS) is 14.6. The minimum atomic E-state index is -0.957. The molecule has 1 aromatic rings. The van der Waals surface area contributed by atoms with E-state index in [4.69, 9.17) is 14.2 Å². The van der Waals surface area contributed by atoms with Gasteiger partial charge in [-0.1, -0.05) is 0 Å². The maximum atomic E-state index is 12.5. The van der Waals surface area contributed by atoms with E-state index in [1.165, 1.54) is 39.5 Å². The van der Waals surface area contributed by atoms with Crippen LogP contribution in [0.2, 0.25) is 0 Å². The molecule has 0 saturated heterocycles. The van der Waals surface area contributed by atoms with E-state index in [9.17, 15) is 19.7 Å². The molecule has 144 valence electrons. The molecule has 1 aliphatic heterocycles. The van der Waals surface area contributed by atoms with Crippen LogP contribution >= 0.6 is 0 Å². The largest absolute Gasteiger partial charge is 0.496 e. The van der Waals surface area contributed by atoms with Crippen molar-refractivity contribution >= 4 is 17.6 Å². The van der Waals surface area contributed by atoms with Crippen LogP contribution in [-0.4, -0.2) is 38.2 Å². The number of nitrogens with one attached hydrogen (secondary N) is 1. The van der Waals surface area contributed by atoms with E-state index in [1.54, 1.807) is 13.8 Å². The maximum absolute atomic E-state index is 12.5. The smallest absolute Gasteiger partial charge is 0.336 e. The summed E-state index contributed by atoms with van der Waals surface area (Å²) in [4.78, 5) is 35.6. The Bertz CT molecular complexity index is 832. The lowest BCUT2D eigenvalue weighted by molar-refractivity contribution is -0.384. The third-order valence-corrected chi connectivity index (χ3v) is 4.31. The van der Waals surface area contributed by atoms with Gasteiger partial charge in [0.15, 0.2) is 0 Å². The maximum Gasteiger partial charge on any atom is 0.336 e. The van der Waals surface area contributed by atoms with Crippen LogP contribution in [0.1, 0.15) is 25.3 Å². The molecule has 0 unspecified atom stereocenters. The summed E-state index contributed by atoms with van der Waals surface area (Å²) >= 11 is 0. The van der Waals surface area contributed by atoms with Crippen LogP contribution in [0.5, 0.6) is 5.75 Å². The number of non-ortho nitro benzene ring substituents is 1. The number of esters is 2. The fourth-order valence-corrected chi connectivity index (χ4v) is 3.13. The number of methoxy groups -OCH3 is 3. The van der Waals surface area contributed by atoms with Gasteiger partial charge in [-0.25, -0.2) is 9.59 Å². The number of nitro groups is 1. The fourth-order valence-electron chi connectivity index (χ4n) is 3.13. The Hall–Kier alpha value is -3.36. The lowest BCUT2D eigenvalue weighted by Gasteiger charge is -2.30. The predicted molar refractivity (Wildman–Crippen MR) is 95.0 cm³/mol. The minimum absolute atomic E-state index is 0.141. The Kier molecular flexibility index (Phi) is 5.84. The zero-order valence-electron chi connectivity index (χ0n) is 15.6. The molecule has 0 amide bonds. The third-order valence-electron chi connectivity index (χ3n) is 4.31. The predicted octanol–water partition coefficient (Wildman–Crippen LogP) is 2.18. The van der Waals surface area contributed by atoms with Gasteiger partial charge in [0, 0.05) is 29.1 Å². The first-order valence-corrected chi connectivity index (χ1v) is 7.94. The molecule has 9 heteroatoms. The van der Waals surface area contributed by atoms with Crippen molar-refractivity contribution in [3.05, 3.63) is 56.4 Å². The lowest BCUT2D eigenvalue weighted by Crippen LogP contribution is -2.32. The van der Waals surface area contributed by atoms with Gasteiger partial charge in [-0.15, -0.1) is 0 Å². The van der Waals surface area contributed by atoms with Crippen molar-refractivity contribution in [3.8, 4) is 5.75 Å². The number of dihydropyridines is 1. The molecule has 27 heavy (non-hydrogen) atoms. The minimum Gasteiger partial charge on any atom is -0.496 e. The molecule has 0 aliphatic carbocycles. The Labute approximate surface area is 155 Å². The second-order valence-corrected chi connectivity index (χ2v) is 5.80. The molecular weight excluding hydrogens is 356 g/mol. The molecule has 1 N–H and O–H groups in total. The van der Waals surface area contributed by atoms with E-state index in [0.29, 0.717) is 11.4 Å². The summed E-state index contributed by atoms with van der Waals surface area (Å²) < 4.78 is 15.1. The highest BCUT2D eigenvalue weighted by Crippen LogP contribution is 2.43. The van der Waals surface area contributed by atoms with E-state index in [-0.39, 0.29) is 28.1 Å². The SMILES string of the molecule is COC(=O)C1=C(C)NC(C)=C(C(=O)OC)C1c1cc([N+](=O)[O-])ccc1OC. The monoisotopic (exact) mass is 376 g/mol. The van der Waals surface area contributed by atoms with Crippen LogP contribution in [0.25, 0.3) is 0 Å². The van der Waals surface area contributed by atoms with Crippen LogP contribution < -0.4 is 10.1 Å². The topological polar surface area (TPSA) is 117 Å². The van der Waals surface area contributed by atoms with Crippen molar-refractivity contribution in [1.82, 2.24) is 5.32 Å². The molecule has 1 aliphatic rings. The average Bonchev–Trinajstić information content (AvgIpc) is 2.65. The molecule has 1 aromatic carbocycles. The molecule has 0 fully saturated rings. The van der Waals surface area contributed by atoms with Crippen molar-refractivity contribution in [2.45, 2.75) is 19.8 Å². The number of allylic oxidation sites excluding steroid dienone is 2. The second-order valence-electron chi connectivity index (χ2n) is 5.80. The fraction of sp³-hybridized carbons (Fsp3) is 0.333. The summed E-state index contributed by atoms with van der Waals surface area (Å²) in [5, 5.41) is 14.2. The molecule has 0 saturated carbocycles. The zero-order valence-corrected chi connectivity index (χ0v) is 15.6. The van der Waals surface area contributed by atoms with Crippen LogP contribution in [0, 0.1) is 10.1 Å². The summed E-state index contributed by atoms with van der Waals surface area (Å²) in [6.07, 6.45) is 0. The summed E-state index contributed by atoms with van der Waals surface area (Å²) in [6.45, 7) is 3.31. The van der Waals surface area contributed by atoms with Crippen molar-refractivity contribution in [2.75, 3.05) is 21.3 Å². The van der Waals surface area contributed by atoms with Gasteiger partial charge in [0.1, 0.15) is 5.75 Å². The van der Waals surface area contributed by atoms with E-state index >= 15 is 0 Å². The molecule has 9 nitrogen and oxygen atoms in total. The highest BCUT2D eigenvalue weighted by atomic mass is 16.6. The van der Waals surface area contributed by atoms with Crippen LogP contribution in [0.4, 0.5) is 5.69 Å². The highest BCUT2D eigenvalue weighted by molar-refractivity contribution is 6.00. The van der Waals surface area contributed by atoms with E-state index in [2.05, 4.69) is 5.32 Å². The van der Waals surface area contributed by atoms with Crippen molar-refractivity contribution in [2.24, 2.45) is 0 Å². The summed E-state index contributed by atoms with van der Waals surface area (Å²) in [5.41, 5.74) is 1.29. The zero-order chi connectivity index (χ0) is 20.3. The first-order chi connectivity index (χ1) is 12.8. The number of hydrogen-bond donors (Lipinski definition) is 1. The Morgan fingerprint density at radius 1 is 1.04 bits per heavy atom. The number of ether oxygens (including phenoxy) is 3. The van der Waals surface area contributed by atoms with E-state index in [0.717, 1.165) is 0 Å². The van der Waals surface area contributed by atoms with Crippen LogP contribution in [-0.2, 0) is 19.1 Å². The van der Waals surface area contributed by atoms with Crippen LogP contribution in [0.3, 0.4) is 0 Å². The number of carbonyl (C=O) groups is 2. The molecule has 2 rings (SSSR count). The summed E-state index contributed by atoms with van der Waals surface area (Å²) in [5.74, 6) is -2.02. The van der Waals surface area contributed by atoms with Crippen molar-refractivity contribution in [1.29, 1.82) is 0 Å². The standard InChI is InChI=1S/C18H20N2O7/c1-9-14(17(21)26-4)16(15(10(2)19-9)18(22)27-5)12-8-11(20(23)24)6-7-13(12)25-3/h6-8,16,19H,1-5H3. The first kappa shape index (κ1) is 20.0. The third kappa shape index (κ3) is 3.62. The first-order valence-electron chi connectivity index (χ1n) is 7.94. The van der Waals surface area contributed by atoms with Gasteiger partial charge >= 0.3 is 11.9 Å². The van der Waals surface area contributed by atoms with Gasteiger partial charge in [-0.05, 0) is 19.9 Å². The molecule has 1 heterocycles. The lowest BCUT2D eigenvalue weighted by atomic mass is 9.80. The van der Waals surface area contributed by atoms with E-state index < -0.39 is 22.8 Å². The number of hydrogen-bond acceptors (Lipinski definition) is 8. The Balaban J connectivity index is 2.84. The number of rotatable bonds is 5. The molecule has 0 aromatic heterocycles. The van der Waals surface area contributed by atoms with Crippen molar-refractivity contribution in [3.63, 3.8) is 0 Å². The van der Waals surface area contributed by atoms with Gasteiger partial charge in [0.25, 0.3) is 5.69 Å². The number of benzene rings is 1. The number of nitrogens with zero attached hydrogens (tertiary/aromatic N) is 1. The molecule has 0 spiro atoms. The van der Waals surface area contributed by atoms with E-state index in [1.807, 2.05) is 0 Å². The number of nitro benzene ring substituents is 1. The van der Waals surface area contributed by atoms with Gasteiger partial charge in [-0.3, -0.25) is 10.1 Å². The van der Waals surface area contributed by atoms with Gasteiger partial charge in [0.2, 0.25) is 0 Å². The summed E-state index contributed by atoms with van der Waals surface area (Å²) in [6, 6.07) is 3.98. The Morgan fingerprint density at radius 3 is 1.96 bits per heavy atom. The Morgan fingerprint density at radius 2 is 1.56 bits per heavy atom. The molecule has 0 atom stereocenters. The molecule has 0 bridgehead atoms. The quantitative estimate of drug-likeness (QED) is 0.472. The van der Waals surface area contributed by atoms with Crippen LogP contribution in [0.15, 0.2) is 40.7 Å².